The molecule has 4 unspecified atom stereocenters. The molecule has 0 radical (unpaired) electrons. The minimum atomic E-state index is 0.498. The Labute approximate surface area is 123 Å². The van der Waals surface area contributed by atoms with Gasteiger partial charge in [0, 0.05) is 24.3 Å². The maximum Gasteiger partial charge on any atom is 0.0537 e. The summed E-state index contributed by atoms with van der Waals surface area (Å²) in [5.41, 5.74) is 1.38. The molecular formula is C17H29N3. The maximum atomic E-state index is 4.46. The lowest BCUT2D eigenvalue weighted by Gasteiger charge is -2.41. The van der Waals surface area contributed by atoms with Crippen LogP contribution in [0.3, 0.4) is 0 Å². The molecular weight excluding hydrogens is 246 g/mol. The summed E-state index contributed by atoms with van der Waals surface area (Å²) in [6, 6.07) is 0.498. The average molecular weight is 275 g/mol. The lowest BCUT2D eigenvalue weighted by molar-refractivity contribution is 0.111. The van der Waals surface area contributed by atoms with Crippen LogP contribution in [0.1, 0.15) is 63.5 Å². The van der Waals surface area contributed by atoms with Crippen LogP contribution in [-0.4, -0.2) is 16.8 Å². The highest BCUT2D eigenvalue weighted by atomic mass is 15.3. The first kappa shape index (κ1) is 14.1. The van der Waals surface area contributed by atoms with Gasteiger partial charge in [0.15, 0.2) is 0 Å². The molecule has 1 heterocycles. The fraction of sp³-hybridized carbons (Fsp3) is 0.824. The summed E-state index contributed by atoms with van der Waals surface area (Å²) < 4.78 is 2.05. The van der Waals surface area contributed by atoms with Crippen LogP contribution in [0.4, 0.5) is 0 Å². The molecule has 2 saturated carbocycles. The minimum Gasteiger partial charge on any atom is -0.313 e. The molecule has 112 valence electrons. The van der Waals surface area contributed by atoms with E-state index in [1.54, 1.807) is 0 Å². The molecule has 0 aliphatic heterocycles. The molecule has 1 aromatic rings. The van der Waals surface area contributed by atoms with Crippen molar-refractivity contribution in [1.82, 2.24) is 15.1 Å². The van der Waals surface area contributed by atoms with Crippen LogP contribution < -0.4 is 5.32 Å². The maximum absolute atomic E-state index is 4.46. The van der Waals surface area contributed by atoms with Crippen molar-refractivity contribution in [3.63, 3.8) is 0 Å². The van der Waals surface area contributed by atoms with Gasteiger partial charge in [-0.3, -0.25) is 4.68 Å². The van der Waals surface area contributed by atoms with E-state index in [1.165, 1.54) is 50.5 Å². The van der Waals surface area contributed by atoms with Crippen LogP contribution in [0.25, 0.3) is 0 Å². The van der Waals surface area contributed by atoms with Crippen LogP contribution in [0.5, 0.6) is 0 Å². The molecule has 4 atom stereocenters. The number of fused-ring (bicyclic) bond motifs is 1. The first-order valence-corrected chi connectivity index (χ1v) is 8.51. The third-order valence-electron chi connectivity index (χ3n) is 5.70. The van der Waals surface area contributed by atoms with Gasteiger partial charge < -0.3 is 5.32 Å². The van der Waals surface area contributed by atoms with Crippen molar-refractivity contribution >= 4 is 0 Å². The number of hydrogen-bond donors (Lipinski definition) is 1. The normalized spacial score (nSPS) is 31.8. The summed E-state index contributed by atoms with van der Waals surface area (Å²) >= 11 is 0. The second-order valence-corrected chi connectivity index (χ2v) is 6.77. The van der Waals surface area contributed by atoms with Crippen molar-refractivity contribution in [3.8, 4) is 0 Å². The molecule has 0 saturated heterocycles. The quantitative estimate of drug-likeness (QED) is 0.906. The van der Waals surface area contributed by atoms with Gasteiger partial charge in [-0.25, -0.2) is 0 Å². The van der Waals surface area contributed by atoms with E-state index in [0.717, 1.165) is 24.3 Å². The van der Waals surface area contributed by atoms with E-state index in [0.29, 0.717) is 6.04 Å². The molecule has 0 spiro atoms. The van der Waals surface area contributed by atoms with Crippen molar-refractivity contribution in [1.29, 1.82) is 0 Å². The highest BCUT2D eigenvalue weighted by Gasteiger charge is 2.35. The number of hydrogen-bond acceptors (Lipinski definition) is 2. The lowest BCUT2D eigenvalue weighted by atomic mass is 9.65. The Morgan fingerprint density at radius 1 is 1.25 bits per heavy atom. The SMILES string of the molecule is CCn1cc(C(NC)C2CCC3CCCCC3C2)cn1. The highest BCUT2D eigenvalue weighted by Crippen LogP contribution is 2.45. The van der Waals surface area contributed by atoms with E-state index in [2.05, 4.69) is 36.8 Å². The Morgan fingerprint density at radius 2 is 2.05 bits per heavy atom. The Bertz CT molecular complexity index is 426. The standard InChI is InChI=1S/C17H29N3/c1-3-20-12-16(11-19-20)17(18-2)15-9-8-13-6-4-5-7-14(13)10-15/h11-15,17-18H,3-10H2,1-2H3. The molecule has 0 bridgehead atoms. The van der Waals surface area contributed by atoms with Gasteiger partial charge in [-0.05, 0) is 51.0 Å². The van der Waals surface area contributed by atoms with E-state index in [4.69, 9.17) is 0 Å². The molecule has 3 rings (SSSR count). The zero-order valence-corrected chi connectivity index (χ0v) is 13.0. The third kappa shape index (κ3) is 2.78. The van der Waals surface area contributed by atoms with Crippen molar-refractivity contribution < 1.29 is 0 Å². The van der Waals surface area contributed by atoms with Gasteiger partial charge in [0.25, 0.3) is 0 Å². The molecule has 1 aromatic heterocycles. The van der Waals surface area contributed by atoms with Crippen molar-refractivity contribution in [2.45, 2.75) is 64.5 Å². The highest BCUT2D eigenvalue weighted by molar-refractivity contribution is 5.12. The smallest absolute Gasteiger partial charge is 0.0537 e. The summed E-state index contributed by atoms with van der Waals surface area (Å²) in [6.07, 6.45) is 14.5. The van der Waals surface area contributed by atoms with Crippen molar-refractivity contribution in [2.24, 2.45) is 17.8 Å². The molecule has 2 fully saturated rings. The lowest BCUT2D eigenvalue weighted by Crippen LogP contribution is -2.34. The first-order valence-electron chi connectivity index (χ1n) is 8.51. The molecule has 0 amide bonds. The Kier molecular flexibility index (Phi) is 4.45. The van der Waals surface area contributed by atoms with Crippen LogP contribution in [0, 0.1) is 17.8 Å². The van der Waals surface area contributed by atoms with Crippen LogP contribution in [0.2, 0.25) is 0 Å². The molecule has 0 aromatic carbocycles. The molecule has 20 heavy (non-hydrogen) atoms. The van der Waals surface area contributed by atoms with Gasteiger partial charge in [-0.15, -0.1) is 0 Å². The molecule has 3 nitrogen and oxygen atoms in total. The zero-order chi connectivity index (χ0) is 13.9. The Morgan fingerprint density at radius 3 is 2.75 bits per heavy atom. The predicted molar refractivity (Wildman–Crippen MR) is 82.5 cm³/mol. The molecule has 3 heteroatoms. The largest absolute Gasteiger partial charge is 0.313 e. The van der Waals surface area contributed by atoms with Gasteiger partial charge in [0.2, 0.25) is 0 Å². The van der Waals surface area contributed by atoms with Gasteiger partial charge >= 0.3 is 0 Å². The summed E-state index contributed by atoms with van der Waals surface area (Å²) in [5, 5.41) is 8.02. The molecule has 1 N–H and O–H groups in total. The Balaban J connectivity index is 1.69. The van der Waals surface area contributed by atoms with Gasteiger partial charge in [0.1, 0.15) is 0 Å². The summed E-state index contributed by atoms with van der Waals surface area (Å²) in [7, 11) is 2.11. The fourth-order valence-corrected chi connectivity index (χ4v) is 4.60. The van der Waals surface area contributed by atoms with E-state index >= 15 is 0 Å². The monoisotopic (exact) mass is 275 g/mol. The average Bonchev–Trinajstić information content (AvgIpc) is 2.97. The Hall–Kier alpha value is -0.830. The van der Waals surface area contributed by atoms with E-state index in [1.807, 2.05) is 4.68 Å². The second-order valence-electron chi connectivity index (χ2n) is 6.77. The summed E-state index contributed by atoms with van der Waals surface area (Å²) in [5.74, 6) is 2.84. The fourth-order valence-electron chi connectivity index (χ4n) is 4.60. The van der Waals surface area contributed by atoms with Crippen molar-refractivity contribution in [2.75, 3.05) is 7.05 Å². The van der Waals surface area contributed by atoms with Gasteiger partial charge in [-0.2, -0.15) is 5.10 Å². The molecule has 2 aliphatic carbocycles. The van der Waals surface area contributed by atoms with Crippen LogP contribution in [-0.2, 0) is 6.54 Å². The number of aryl methyl sites for hydroxylation is 1. The van der Waals surface area contributed by atoms with Crippen molar-refractivity contribution in [3.05, 3.63) is 18.0 Å². The third-order valence-corrected chi connectivity index (χ3v) is 5.70. The number of rotatable bonds is 4. The summed E-state index contributed by atoms with van der Waals surface area (Å²) in [6.45, 7) is 3.12. The first-order chi connectivity index (χ1) is 9.81. The van der Waals surface area contributed by atoms with Crippen LogP contribution >= 0.6 is 0 Å². The predicted octanol–water partition coefficient (Wildman–Crippen LogP) is 3.77. The van der Waals surface area contributed by atoms with E-state index < -0.39 is 0 Å². The van der Waals surface area contributed by atoms with Crippen LogP contribution in [0.15, 0.2) is 12.4 Å². The number of nitrogens with one attached hydrogen (secondary N) is 1. The number of aromatic nitrogens is 2. The van der Waals surface area contributed by atoms with Gasteiger partial charge in [0.05, 0.1) is 6.20 Å². The van der Waals surface area contributed by atoms with Gasteiger partial charge in [-0.1, -0.05) is 25.7 Å². The topological polar surface area (TPSA) is 29.9 Å². The van der Waals surface area contributed by atoms with E-state index in [-0.39, 0.29) is 0 Å². The zero-order valence-electron chi connectivity index (χ0n) is 13.0. The minimum absolute atomic E-state index is 0.498. The van der Waals surface area contributed by atoms with E-state index in [9.17, 15) is 0 Å². The number of nitrogens with zero attached hydrogens (tertiary/aromatic N) is 2. The summed E-state index contributed by atoms with van der Waals surface area (Å²) in [4.78, 5) is 0. The molecule has 2 aliphatic rings. The second kappa shape index (κ2) is 6.30.